The number of halogens is 1. The second-order valence-electron chi connectivity index (χ2n) is 7.15. The third-order valence-corrected chi connectivity index (χ3v) is 4.77. The van der Waals surface area contributed by atoms with Crippen molar-refractivity contribution in [3.63, 3.8) is 0 Å². The van der Waals surface area contributed by atoms with Crippen LogP contribution in [0.25, 0.3) is 22.4 Å². The van der Waals surface area contributed by atoms with Crippen molar-refractivity contribution >= 4 is 16.9 Å². The maximum atomic E-state index is 13.7. The van der Waals surface area contributed by atoms with Crippen LogP contribution in [-0.4, -0.2) is 31.2 Å². The van der Waals surface area contributed by atoms with Crippen molar-refractivity contribution in [1.82, 2.24) is 19.5 Å². The Balaban J connectivity index is 1.70. The lowest BCUT2D eigenvalue weighted by atomic mass is 10.1. The zero-order valence-electron chi connectivity index (χ0n) is 16.3. The summed E-state index contributed by atoms with van der Waals surface area (Å²) in [6, 6.07) is 10.8. The molecule has 1 aromatic carbocycles. The van der Waals surface area contributed by atoms with E-state index in [1.807, 2.05) is 24.4 Å². The summed E-state index contributed by atoms with van der Waals surface area (Å²) >= 11 is 0. The van der Waals surface area contributed by atoms with Crippen LogP contribution in [0.5, 0.6) is 5.75 Å². The van der Waals surface area contributed by atoms with Gasteiger partial charge in [0, 0.05) is 30.5 Å². The first-order valence-electron chi connectivity index (χ1n) is 9.53. The third-order valence-electron chi connectivity index (χ3n) is 4.77. The molecule has 0 unspecified atom stereocenters. The second kappa shape index (κ2) is 7.87. The van der Waals surface area contributed by atoms with E-state index >= 15 is 0 Å². The predicted molar refractivity (Wildman–Crippen MR) is 111 cm³/mol. The van der Waals surface area contributed by atoms with E-state index in [9.17, 15) is 9.50 Å². The molecule has 6 nitrogen and oxygen atoms in total. The molecule has 0 aliphatic heterocycles. The molecule has 0 spiro atoms. The molecule has 4 aromatic rings. The maximum Gasteiger partial charge on any atom is 0.165 e. The summed E-state index contributed by atoms with van der Waals surface area (Å²) in [5.41, 5.74) is 2.16. The number of rotatable bonds is 6. The molecule has 3 heterocycles. The maximum absolute atomic E-state index is 13.7. The Bertz CT molecular complexity index is 1160. The number of aromatic hydroxyl groups is 1. The first-order valence-corrected chi connectivity index (χ1v) is 9.53. The molecule has 0 radical (unpaired) electrons. The van der Waals surface area contributed by atoms with E-state index in [-0.39, 0.29) is 11.8 Å². The van der Waals surface area contributed by atoms with Crippen molar-refractivity contribution < 1.29 is 9.50 Å². The quantitative estimate of drug-likeness (QED) is 0.503. The van der Waals surface area contributed by atoms with Crippen LogP contribution >= 0.6 is 0 Å². The van der Waals surface area contributed by atoms with Crippen LogP contribution in [0.3, 0.4) is 0 Å². The zero-order chi connectivity index (χ0) is 20.4. The molecule has 148 valence electrons. The number of phenols is 1. The van der Waals surface area contributed by atoms with E-state index in [0.717, 1.165) is 22.8 Å². The average Bonchev–Trinajstić information content (AvgIpc) is 3.14. The highest BCUT2D eigenvalue weighted by molar-refractivity contribution is 5.89. The summed E-state index contributed by atoms with van der Waals surface area (Å²) < 4.78 is 15.7. The van der Waals surface area contributed by atoms with E-state index < -0.39 is 5.82 Å². The number of nitrogens with one attached hydrogen (secondary N) is 1. The number of hydrogen-bond donors (Lipinski definition) is 2. The van der Waals surface area contributed by atoms with E-state index in [1.165, 1.54) is 6.07 Å². The van der Waals surface area contributed by atoms with Crippen molar-refractivity contribution in [2.45, 2.75) is 26.3 Å². The van der Waals surface area contributed by atoms with Crippen LogP contribution in [-0.2, 0) is 6.42 Å². The highest BCUT2D eigenvalue weighted by Gasteiger charge is 2.15. The van der Waals surface area contributed by atoms with Crippen LogP contribution in [0, 0.1) is 5.82 Å². The van der Waals surface area contributed by atoms with Crippen molar-refractivity contribution in [3.8, 4) is 17.1 Å². The van der Waals surface area contributed by atoms with Crippen LogP contribution in [0.4, 0.5) is 10.2 Å². The van der Waals surface area contributed by atoms with Crippen molar-refractivity contribution in [1.29, 1.82) is 0 Å². The van der Waals surface area contributed by atoms with Gasteiger partial charge in [-0.2, -0.15) is 0 Å². The molecule has 0 aliphatic rings. The van der Waals surface area contributed by atoms with Gasteiger partial charge in [-0.1, -0.05) is 18.2 Å². The van der Waals surface area contributed by atoms with Crippen molar-refractivity contribution in [2.75, 3.05) is 11.9 Å². The molecule has 4 rings (SSSR count). The second-order valence-corrected chi connectivity index (χ2v) is 7.15. The normalized spacial score (nSPS) is 11.3. The Hall–Kier alpha value is -3.48. The SMILES string of the molecule is CC(C)n1ccc2c(NCCc3ccccc3O)nc(-c3cncc(F)c3)nc21. The summed E-state index contributed by atoms with van der Waals surface area (Å²) in [5.74, 6) is 0.929. The molecule has 0 aliphatic carbocycles. The topological polar surface area (TPSA) is 75.9 Å². The van der Waals surface area contributed by atoms with E-state index in [0.29, 0.717) is 30.2 Å². The molecule has 0 fully saturated rings. The zero-order valence-corrected chi connectivity index (χ0v) is 16.3. The molecule has 2 N–H and O–H groups in total. The highest BCUT2D eigenvalue weighted by atomic mass is 19.1. The summed E-state index contributed by atoms with van der Waals surface area (Å²) in [6.45, 7) is 4.74. The first kappa shape index (κ1) is 18.9. The van der Waals surface area contributed by atoms with Crippen LogP contribution in [0.1, 0.15) is 25.5 Å². The molecule has 0 saturated carbocycles. The molecule has 29 heavy (non-hydrogen) atoms. The average molecular weight is 391 g/mol. The van der Waals surface area contributed by atoms with Gasteiger partial charge in [-0.15, -0.1) is 0 Å². The Labute approximate surface area is 168 Å². The standard InChI is InChI=1S/C22H22FN5O/c1-14(2)28-10-8-18-21(25-9-7-15-5-3-4-6-19(15)29)26-20(27-22(18)28)16-11-17(23)13-24-12-16/h3-6,8,10-14,29H,7,9H2,1-2H3,(H,25,26,27). The summed E-state index contributed by atoms with van der Waals surface area (Å²) in [6.07, 6.45) is 5.33. The number of nitrogens with zero attached hydrogens (tertiary/aromatic N) is 4. The van der Waals surface area contributed by atoms with Crippen LogP contribution < -0.4 is 5.32 Å². The molecule has 0 bridgehead atoms. The van der Waals surface area contributed by atoms with Crippen molar-refractivity contribution in [2.24, 2.45) is 0 Å². The number of pyridine rings is 1. The van der Waals surface area contributed by atoms with Gasteiger partial charge in [-0.3, -0.25) is 4.98 Å². The molecule has 0 saturated heterocycles. The van der Waals surface area contributed by atoms with Gasteiger partial charge in [0.25, 0.3) is 0 Å². The Morgan fingerprint density at radius 1 is 1.14 bits per heavy atom. The number of benzene rings is 1. The van der Waals surface area contributed by atoms with Crippen LogP contribution in [0.15, 0.2) is 55.0 Å². The van der Waals surface area contributed by atoms with Crippen LogP contribution in [0.2, 0.25) is 0 Å². The molecule has 0 amide bonds. The first-order chi connectivity index (χ1) is 14.0. The van der Waals surface area contributed by atoms with Crippen molar-refractivity contribution in [3.05, 3.63) is 66.4 Å². The van der Waals surface area contributed by atoms with E-state index in [4.69, 9.17) is 0 Å². The molecule has 7 heteroatoms. The fraction of sp³-hybridized carbons (Fsp3) is 0.227. The number of aromatic nitrogens is 4. The molecule has 3 aromatic heterocycles. The minimum absolute atomic E-state index is 0.218. The minimum Gasteiger partial charge on any atom is -0.508 e. The fourth-order valence-electron chi connectivity index (χ4n) is 3.29. The Kier molecular flexibility index (Phi) is 5.12. The van der Waals surface area contributed by atoms with Gasteiger partial charge >= 0.3 is 0 Å². The number of phenolic OH excluding ortho intramolecular Hbond substituents is 1. The summed E-state index contributed by atoms with van der Waals surface area (Å²) in [5, 5.41) is 14.2. The minimum atomic E-state index is -0.431. The largest absolute Gasteiger partial charge is 0.508 e. The van der Waals surface area contributed by atoms with Gasteiger partial charge in [0.05, 0.1) is 11.6 Å². The Morgan fingerprint density at radius 3 is 2.72 bits per heavy atom. The van der Waals surface area contributed by atoms with E-state index in [2.05, 4.69) is 38.7 Å². The Morgan fingerprint density at radius 2 is 1.97 bits per heavy atom. The van der Waals surface area contributed by atoms with Gasteiger partial charge in [-0.25, -0.2) is 14.4 Å². The lowest BCUT2D eigenvalue weighted by Gasteiger charge is -2.13. The molecular formula is C22H22FN5O. The van der Waals surface area contributed by atoms with Gasteiger partial charge in [-0.05, 0) is 44.0 Å². The molecular weight excluding hydrogens is 369 g/mol. The van der Waals surface area contributed by atoms with E-state index in [1.54, 1.807) is 18.3 Å². The smallest absolute Gasteiger partial charge is 0.165 e. The predicted octanol–water partition coefficient (Wildman–Crippen LogP) is 4.57. The number of para-hydroxylation sites is 1. The lowest BCUT2D eigenvalue weighted by molar-refractivity contribution is 0.468. The number of anilines is 1. The van der Waals surface area contributed by atoms with Gasteiger partial charge in [0.2, 0.25) is 0 Å². The van der Waals surface area contributed by atoms with Gasteiger partial charge in [0.15, 0.2) is 5.82 Å². The van der Waals surface area contributed by atoms with Gasteiger partial charge < -0.3 is 15.0 Å². The lowest BCUT2D eigenvalue weighted by Crippen LogP contribution is -2.09. The highest BCUT2D eigenvalue weighted by Crippen LogP contribution is 2.28. The fourth-order valence-corrected chi connectivity index (χ4v) is 3.29. The monoisotopic (exact) mass is 391 g/mol. The number of hydrogen-bond acceptors (Lipinski definition) is 5. The number of fused-ring (bicyclic) bond motifs is 1. The summed E-state index contributed by atoms with van der Waals surface area (Å²) in [7, 11) is 0. The summed E-state index contributed by atoms with van der Waals surface area (Å²) in [4.78, 5) is 13.2. The third kappa shape index (κ3) is 3.89. The molecule has 0 atom stereocenters. The van der Waals surface area contributed by atoms with Gasteiger partial charge in [0.1, 0.15) is 23.0 Å².